The molecule has 0 spiro atoms. The van der Waals surface area contributed by atoms with Gasteiger partial charge in [0.1, 0.15) is 0 Å². The van der Waals surface area contributed by atoms with E-state index in [1.165, 1.54) is 11.1 Å². The van der Waals surface area contributed by atoms with E-state index in [4.69, 9.17) is 0 Å². The largest absolute Gasteiger partial charge is 0.0876 e. The summed E-state index contributed by atoms with van der Waals surface area (Å²) in [4.78, 5) is 0. The van der Waals surface area contributed by atoms with Gasteiger partial charge in [-0.2, -0.15) is 0 Å². The van der Waals surface area contributed by atoms with Gasteiger partial charge in [0.2, 0.25) is 0 Å². The maximum atomic E-state index is 3.49. The molecule has 2 heteroatoms. The predicted octanol–water partition coefficient (Wildman–Crippen LogP) is 4.47. The molecule has 0 aliphatic rings. The van der Waals surface area contributed by atoms with Crippen molar-refractivity contribution in [2.75, 3.05) is 0 Å². The highest BCUT2D eigenvalue weighted by molar-refractivity contribution is 9.10. The maximum absolute atomic E-state index is 3.49. The fourth-order valence-corrected chi connectivity index (χ4v) is 2.11. The highest BCUT2D eigenvalue weighted by atomic mass is 79.9. The van der Waals surface area contributed by atoms with Gasteiger partial charge in [-0.3, -0.25) is 0 Å². The van der Waals surface area contributed by atoms with Crippen LogP contribution in [-0.2, 0) is 5.33 Å². The standard InChI is InChI=1S/C10H12Br2/c1-7(2)10-5-9(12)4-3-8(10)6-11/h3-5,7H,6H2,1-2H3. The van der Waals surface area contributed by atoms with Crippen LogP contribution in [0.4, 0.5) is 0 Å². The van der Waals surface area contributed by atoms with Crippen molar-refractivity contribution >= 4 is 31.9 Å². The van der Waals surface area contributed by atoms with Gasteiger partial charge in [0.05, 0.1) is 0 Å². The molecule has 0 atom stereocenters. The zero-order valence-corrected chi connectivity index (χ0v) is 10.4. The molecule has 0 N–H and O–H groups in total. The number of alkyl halides is 1. The van der Waals surface area contributed by atoms with Gasteiger partial charge in [-0.1, -0.05) is 51.8 Å². The average molecular weight is 292 g/mol. The summed E-state index contributed by atoms with van der Waals surface area (Å²) < 4.78 is 1.16. The van der Waals surface area contributed by atoms with Crippen molar-refractivity contribution in [1.29, 1.82) is 0 Å². The lowest BCUT2D eigenvalue weighted by Gasteiger charge is -2.10. The molecule has 0 nitrogen and oxygen atoms in total. The van der Waals surface area contributed by atoms with Gasteiger partial charge in [0, 0.05) is 9.80 Å². The Morgan fingerprint density at radius 1 is 1.33 bits per heavy atom. The second-order valence-electron chi connectivity index (χ2n) is 3.13. The first-order valence-corrected chi connectivity index (χ1v) is 5.91. The third kappa shape index (κ3) is 2.33. The van der Waals surface area contributed by atoms with Crippen LogP contribution in [0.3, 0.4) is 0 Å². The van der Waals surface area contributed by atoms with Crippen LogP contribution in [0.1, 0.15) is 30.9 Å². The molecular weight excluding hydrogens is 280 g/mol. The van der Waals surface area contributed by atoms with Gasteiger partial charge in [-0.05, 0) is 29.2 Å². The summed E-state index contributed by atoms with van der Waals surface area (Å²) in [6.07, 6.45) is 0. The zero-order chi connectivity index (χ0) is 9.14. The fraction of sp³-hybridized carbons (Fsp3) is 0.400. The van der Waals surface area contributed by atoms with E-state index in [-0.39, 0.29) is 0 Å². The van der Waals surface area contributed by atoms with E-state index >= 15 is 0 Å². The molecule has 0 saturated heterocycles. The van der Waals surface area contributed by atoms with E-state index in [1.807, 2.05) is 0 Å². The molecule has 0 amide bonds. The minimum absolute atomic E-state index is 0.593. The zero-order valence-electron chi connectivity index (χ0n) is 7.27. The molecule has 1 aromatic carbocycles. The quantitative estimate of drug-likeness (QED) is 0.706. The third-order valence-electron chi connectivity index (χ3n) is 1.87. The van der Waals surface area contributed by atoms with Crippen LogP contribution >= 0.6 is 31.9 Å². The van der Waals surface area contributed by atoms with Crippen LogP contribution < -0.4 is 0 Å². The monoisotopic (exact) mass is 290 g/mol. The van der Waals surface area contributed by atoms with E-state index in [0.29, 0.717) is 5.92 Å². The fourth-order valence-electron chi connectivity index (χ4n) is 1.22. The molecule has 0 heterocycles. The smallest absolute Gasteiger partial charge is 0.0285 e. The highest BCUT2D eigenvalue weighted by Gasteiger charge is 2.05. The third-order valence-corrected chi connectivity index (χ3v) is 2.97. The highest BCUT2D eigenvalue weighted by Crippen LogP contribution is 2.25. The molecule has 0 aliphatic carbocycles. The number of hydrogen-bond donors (Lipinski definition) is 0. The molecular formula is C10H12Br2. The lowest BCUT2D eigenvalue weighted by Crippen LogP contribution is -1.93. The minimum atomic E-state index is 0.593. The van der Waals surface area contributed by atoms with Crippen molar-refractivity contribution in [2.45, 2.75) is 25.1 Å². The Labute approximate surface area is 90.6 Å². The van der Waals surface area contributed by atoms with Crippen molar-refractivity contribution < 1.29 is 0 Å². The molecule has 1 aromatic rings. The number of hydrogen-bond acceptors (Lipinski definition) is 0. The van der Waals surface area contributed by atoms with E-state index in [0.717, 1.165) is 9.80 Å². The van der Waals surface area contributed by atoms with Crippen LogP contribution in [-0.4, -0.2) is 0 Å². The summed E-state index contributed by atoms with van der Waals surface area (Å²) >= 11 is 6.96. The molecule has 1 rings (SSSR count). The topological polar surface area (TPSA) is 0 Å². The van der Waals surface area contributed by atoms with Crippen molar-refractivity contribution in [3.05, 3.63) is 33.8 Å². The van der Waals surface area contributed by atoms with Gasteiger partial charge in [-0.25, -0.2) is 0 Å². The molecule has 0 radical (unpaired) electrons. The predicted molar refractivity (Wildman–Crippen MR) is 60.9 cm³/mol. The van der Waals surface area contributed by atoms with Crippen LogP contribution in [0, 0.1) is 0 Å². The van der Waals surface area contributed by atoms with Crippen molar-refractivity contribution in [3.8, 4) is 0 Å². The van der Waals surface area contributed by atoms with E-state index in [1.54, 1.807) is 0 Å². The van der Waals surface area contributed by atoms with Crippen molar-refractivity contribution in [2.24, 2.45) is 0 Å². The molecule has 0 unspecified atom stereocenters. The molecule has 0 fully saturated rings. The average Bonchev–Trinajstić information content (AvgIpc) is 2.04. The van der Waals surface area contributed by atoms with Gasteiger partial charge in [0.15, 0.2) is 0 Å². The lowest BCUT2D eigenvalue weighted by atomic mass is 9.98. The van der Waals surface area contributed by atoms with Crippen molar-refractivity contribution in [1.82, 2.24) is 0 Å². The van der Waals surface area contributed by atoms with Gasteiger partial charge in [0.25, 0.3) is 0 Å². The summed E-state index contributed by atoms with van der Waals surface area (Å²) in [6, 6.07) is 6.44. The van der Waals surface area contributed by atoms with Crippen LogP contribution in [0.15, 0.2) is 22.7 Å². The second-order valence-corrected chi connectivity index (χ2v) is 4.61. The molecule has 0 aliphatic heterocycles. The van der Waals surface area contributed by atoms with Crippen LogP contribution in [0.2, 0.25) is 0 Å². The Balaban J connectivity index is 3.12. The van der Waals surface area contributed by atoms with Crippen LogP contribution in [0.5, 0.6) is 0 Å². The first kappa shape index (κ1) is 10.3. The molecule has 66 valence electrons. The minimum Gasteiger partial charge on any atom is -0.0876 e. The summed E-state index contributed by atoms with van der Waals surface area (Å²) in [6.45, 7) is 4.43. The normalized spacial score (nSPS) is 10.8. The van der Waals surface area contributed by atoms with Crippen LogP contribution in [0.25, 0.3) is 0 Å². The Morgan fingerprint density at radius 2 is 2.00 bits per heavy atom. The first-order chi connectivity index (χ1) is 5.65. The maximum Gasteiger partial charge on any atom is 0.0285 e. The molecule has 0 aromatic heterocycles. The Kier molecular flexibility index (Phi) is 3.78. The molecule has 12 heavy (non-hydrogen) atoms. The van der Waals surface area contributed by atoms with Gasteiger partial charge >= 0.3 is 0 Å². The lowest BCUT2D eigenvalue weighted by molar-refractivity contribution is 0.854. The SMILES string of the molecule is CC(C)c1cc(Br)ccc1CBr. The Hall–Kier alpha value is 0.180. The Morgan fingerprint density at radius 3 is 2.50 bits per heavy atom. The molecule has 0 saturated carbocycles. The number of benzene rings is 1. The number of halogens is 2. The van der Waals surface area contributed by atoms with Gasteiger partial charge in [-0.15, -0.1) is 0 Å². The Bertz CT molecular complexity index is 267. The summed E-state index contributed by atoms with van der Waals surface area (Å²) in [5.41, 5.74) is 2.80. The van der Waals surface area contributed by atoms with Crippen molar-refractivity contribution in [3.63, 3.8) is 0 Å². The summed E-state index contributed by atoms with van der Waals surface area (Å²) in [5, 5.41) is 0.938. The summed E-state index contributed by atoms with van der Waals surface area (Å²) in [7, 11) is 0. The van der Waals surface area contributed by atoms with E-state index in [2.05, 4.69) is 63.9 Å². The summed E-state index contributed by atoms with van der Waals surface area (Å²) in [5.74, 6) is 0.593. The number of rotatable bonds is 2. The second kappa shape index (κ2) is 4.43. The van der Waals surface area contributed by atoms with Gasteiger partial charge < -0.3 is 0 Å². The van der Waals surface area contributed by atoms with E-state index < -0.39 is 0 Å². The first-order valence-electron chi connectivity index (χ1n) is 3.99. The van der Waals surface area contributed by atoms with E-state index in [9.17, 15) is 0 Å². The molecule has 0 bridgehead atoms.